The predicted octanol–water partition coefficient (Wildman–Crippen LogP) is 1.44. The minimum absolute atomic E-state index is 0.589. The second kappa shape index (κ2) is 16.6. The fourth-order valence-corrected chi connectivity index (χ4v) is 4.13. The Hall–Kier alpha value is -4.90. The van der Waals surface area contributed by atoms with Gasteiger partial charge in [0.1, 0.15) is 17.8 Å². The molecular formula is C29H44N4O14. The topological polar surface area (TPSA) is 235 Å². The standard InChI is InChI=1S/C29H44N4O14/c1-14(34)31-21-18(33(27(40)47-29(8,9)10)25(30)32-26(39)46-28(5,6)7)12-19(24(38)41-11)45-23(21)22(44-17(4)37)20(43-16(3)36)13-42-15(2)35/h12,18,20-23H,13H2,1-11H3,(H,31,34)(H2,30,32,39). The van der Waals surface area contributed by atoms with Gasteiger partial charge in [-0.2, -0.15) is 0 Å². The summed E-state index contributed by atoms with van der Waals surface area (Å²) in [6, 6.07) is -3.18. The highest BCUT2D eigenvalue weighted by Crippen LogP contribution is 2.30. The summed E-state index contributed by atoms with van der Waals surface area (Å²) in [5.41, 5.74) is -2.16. The Balaban J connectivity index is 4.05. The number of amides is 3. The van der Waals surface area contributed by atoms with Crippen molar-refractivity contribution in [3.63, 3.8) is 0 Å². The molecule has 1 aliphatic rings. The van der Waals surface area contributed by atoms with Crippen molar-refractivity contribution in [2.75, 3.05) is 13.7 Å². The molecular weight excluding hydrogens is 628 g/mol. The van der Waals surface area contributed by atoms with E-state index in [-0.39, 0.29) is 0 Å². The molecule has 0 aliphatic carbocycles. The largest absolute Gasteiger partial charge is 0.477 e. The predicted molar refractivity (Wildman–Crippen MR) is 159 cm³/mol. The zero-order valence-electron chi connectivity index (χ0n) is 28.3. The van der Waals surface area contributed by atoms with Gasteiger partial charge in [-0.1, -0.05) is 0 Å². The van der Waals surface area contributed by atoms with Gasteiger partial charge in [-0.15, -0.1) is 0 Å². The molecule has 264 valence electrons. The number of alkyl carbamates (subject to hydrolysis) is 1. The van der Waals surface area contributed by atoms with Crippen molar-refractivity contribution in [3.05, 3.63) is 11.8 Å². The van der Waals surface area contributed by atoms with Crippen LogP contribution in [0, 0.1) is 5.41 Å². The summed E-state index contributed by atoms with van der Waals surface area (Å²) in [6.45, 7) is 12.8. The Kier molecular flexibility index (Phi) is 14.2. The van der Waals surface area contributed by atoms with Crippen LogP contribution in [0.2, 0.25) is 0 Å². The molecule has 0 saturated carbocycles. The maximum atomic E-state index is 13.7. The second-order valence-corrected chi connectivity index (χ2v) is 12.2. The third kappa shape index (κ3) is 13.5. The van der Waals surface area contributed by atoms with Crippen molar-refractivity contribution in [3.8, 4) is 0 Å². The first kappa shape index (κ1) is 40.1. The van der Waals surface area contributed by atoms with E-state index in [0.717, 1.165) is 40.9 Å². The number of rotatable bonds is 9. The Morgan fingerprint density at radius 1 is 0.894 bits per heavy atom. The molecule has 3 N–H and O–H groups in total. The van der Waals surface area contributed by atoms with Crippen LogP contribution in [0.15, 0.2) is 11.8 Å². The zero-order chi connectivity index (χ0) is 36.4. The second-order valence-electron chi connectivity index (χ2n) is 12.2. The number of nitrogens with one attached hydrogen (secondary N) is 3. The highest BCUT2D eigenvalue weighted by molar-refractivity contribution is 6.00. The Morgan fingerprint density at radius 2 is 1.45 bits per heavy atom. The molecule has 5 atom stereocenters. The molecule has 1 aliphatic heterocycles. The molecule has 0 aromatic rings. The van der Waals surface area contributed by atoms with Crippen LogP contribution in [0.4, 0.5) is 9.59 Å². The lowest BCUT2D eigenvalue weighted by Gasteiger charge is -2.44. The molecule has 5 unspecified atom stereocenters. The van der Waals surface area contributed by atoms with E-state index in [1.54, 1.807) is 20.8 Å². The average Bonchev–Trinajstić information content (AvgIpc) is 2.87. The summed E-state index contributed by atoms with van der Waals surface area (Å²) < 4.78 is 37.2. The van der Waals surface area contributed by atoms with Crippen molar-refractivity contribution in [1.82, 2.24) is 15.5 Å². The van der Waals surface area contributed by atoms with E-state index in [9.17, 15) is 33.6 Å². The first-order valence-electron chi connectivity index (χ1n) is 14.3. The summed E-state index contributed by atoms with van der Waals surface area (Å²) in [7, 11) is 1.01. The minimum atomic E-state index is -1.74. The smallest absolute Gasteiger partial charge is 0.417 e. The van der Waals surface area contributed by atoms with E-state index in [0.29, 0.717) is 4.90 Å². The average molecular weight is 673 g/mol. The van der Waals surface area contributed by atoms with E-state index >= 15 is 0 Å². The fourth-order valence-electron chi connectivity index (χ4n) is 4.13. The summed E-state index contributed by atoms with van der Waals surface area (Å²) in [4.78, 5) is 88.5. The number of esters is 4. The number of hydrogen-bond donors (Lipinski definition) is 3. The highest BCUT2D eigenvalue weighted by atomic mass is 16.6. The van der Waals surface area contributed by atoms with E-state index in [1.807, 2.05) is 0 Å². The van der Waals surface area contributed by atoms with Gasteiger partial charge in [-0.05, 0) is 47.6 Å². The number of carbonyl (C=O) groups excluding carboxylic acids is 7. The zero-order valence-corrected chi connectivity index (χ0v) is 28.3. The molecule has 0 saturated heterocycles. The van der Waals surface area contributed by atoms with Gasteiger partial charge in [0.15, 0.2) is 18.3 Å². The molecule has 1 rings (SSSR count). The van der Waals surface area contributed by atoms with Crippen LogP contribution < -0.4 is 10.6 Å². The third-order valence-corrected chi connectivity index (χ3v) is 5.57. The normalized spacial score (nSPS) is 18.8. The van der Waals surface area contributed by atoms with Crippen LogP contribution in [0.1, 0.15) is 69.2 Å². The Morgan fingerprint density at radius 3 is 1.89 bits per heavy atom. The van der Waals surface area contributed by atoms with Gasteiger partial charge in [-0.3, -0.25) is 29.9 Å². The van der Waals surface area contributed by atoms with Crippen molar-refractivity contribution >= 4 is 47.9 Å². The summed E-state index contributed by atoms with van der Waals surface area (Å²) in [5, 5.41) is 13.4. The number of carbonyl (C=O) groups is 7. The van der Waals surface area contributed by atoms with Crippen LogP contribution >= 0.6 is 0 Å². The van der Waals surface area contributed by atoms with Crippen LogP contribution in [-0.4, -0.2) is 108 Å². The highest BCUT2D eigenvalue weighted by Gasteiger charge is 2.51. The van der Waals surface area contributed by atoms with Gasteiger partial charge in [0.05, 0.1) is 19.2 Å². The molecule has 18 heteroatoms. The van der Waals surface area contributed by atoms with Crippen LogP contribution in [0.5, 0.6) is 0 Å². The number of nitrogens with zero attached hydrogens (tertiary/aromatic N) is 1. The number of hydrogen-bond acceptors (Lipinski definition) is 15. The fraction of sp³-hybridized carbons (Fsp3) is 0.655. The van der Waals surface area contributed by atoms with Gasteiger partial charge in [0.2, 0.25) is 17.6 Å². The lowest BCUT2D eigenvalue weighted by molar-refractivity contribution is -0.188. The molecule has 1 heterocycles. The summed E-state index contributed by atoms with van der Waals surface area (Å²) >= 11 is 0. The molecule has 0 fully saturated rings. The van der Waals surface area contributed by atoms with E-state index in [2.05, 4.69) is 10.6 Å². The van der Waals surface area contributed by atoms with E-state index in [4.69, 9.17) is 38.6 Å². The van der Waals surface area contributed by atoms with Gasteiger partial charge >= 0.3 is 36.1 Å². The molecule has 0 bridgehead atoms. The van der Waals surface area contributed by atoms with Crippen LogP contribution in [0.25, 0.3) is 0 Å². The molecule has 47 heavy (non-hydrogen) atoms. The molecule has 0 radical (unpaired) electrons. The molecule has 0 aromatic carbocycles. The lowest BCUT2D eigenvalue weighted by Crippen LogP contribution is -2.67. The monoisotopic (exact) mass is 672 g/mol. The SMILES string of the molecule is COC(=O)C1=CC(N(C(=N)NC(=O)OC(C)(C)C)C(=O)OC(C)(C)C)C(NC(C)=O)C(C(OC(C)=O)C(COC(C)=O)OC(C)=O)O1. The maximum absolute atomic E-state index is 13.7. The van der Waals surface area contributed by atoms with Crippen molar-refractivity contribution < 1.29 is 66.7 Å². The summed E-state index contributed by atoms with van der Waals surface area (Å²) in [5.74, 6) is -6.01. The Bertz CT molecular complexity index is 1270. The van der Waals surface area contributed by atoms with Crippen LogP contribution in [-0.2, 0) is 57.1 Å². The van der Waals surface area contributed by atoms with E-state index < -0.39 is 102 Å². The van der Waals surface area contributed by atoms with Crippen LogP contribution in [0.3, 0.4) is 0 Å². The Labute approximate surface area is 272 Å². The van der Waals surface area contributed by atoms with Crippen molar-refractivity contribution in [2.24, 2.45) is 0 Å². The first-order valence-corrected chi connectivity index (χ1v) is 14.3. The summed E-state index contributed by atoms with van der Waals surface area (Å²) in [6.07, 6.45) is -6.41. The first-order chi connectivity index (χ1) is 21.4. The minimum Gasteiger partial charge on any atom is -0.477 e. The quantitative estimate of drug-likeness (QED) is 0.136. The maximum Gasteiger partial charge on any atom is 0.417 e. The number of guanidine groups is 1. The molecule has 0 aromatic heterocycles. The van der Waals surface area contributed by atoms with Crippen molar-refractivity contribution in [1.29, 1.82) is 5.41 Å². The van der Waals surface area contributed by atoms with Crippen molar-refractivity contribution in [2.45, 2.75) is 111 Å². The van der Waals surface area contributed by atoms with Gasteiger partial charge in [-0.25, -0.2) is 19.3 Å². The number of ether oxygens (including phenoxy) is 7. The molecule has 3 amide bonds. The van der Waals surface area contributed by atoms with Gasteiger partial charge in [0.25, 0.3) is 0 Å². The molecule has 0 spiro atoms. The van der Waals surface area contributed by atoms with E-state index in [1.165, 1.54) is 20.8 Å². The molecule has 18 nitrogen and oxygen atoms in total. The van der Waals surface area contributed by atoms with Gasteiger partial charge < -0.3 is 38.5 Å². The third-order valence-electron chi connectivity index (χ3n) is 5.57. The lowest BCUT2D eigenvalue weighted by atomic mass is 9.90. The van der Waals surface area contributed by atoms with Gasteiger partial charge in [0, 0.05) is 27.7 Å². The number of methoxy groups -OCH3 is 1.